The highest BCUT2D eigenvalue weighted by atomic mass is 16.6. The lowest BCUT2D eigenvalue weighted by atomic mass is 10.1. The average Bonchev–Trinajstić information content (AvgIpc) is 2.46. The summed E-state index contributed by atoms with van der Waals surface area (Å²) in [6.45, 7) is -0.245. The van der Waals surface area contributed by atoms with Gasteiger partial charge >= 0.3 is 5.97 Å². The molecule has 0 saturated carbocycles. The first-order chi connectivity index (χ1) is 9.90. The van der Waals surface area contributed by atoms with Crippen LogP contribution in [-0.2, 0) is 9.53 Å². The molecule has 0 bridgehead atoms. The number of methoxy groups -OCH3 is 2. The molecule has 9 heteroatoms. The quantitative estimate of drug-likeness (QED) is 0.551. The first kappa shape index (κ1) is 16.4. The summed E-state index contributed by atoms with van der Waals surface area (Å²) in [4.78, 5) is 32.7. The lowest BCUT2D eigenvalue weighted by Gasteiger charge is -2.13. The number of aliphatic carboxylic acids is 1. The highest BCUT2D eigenvalue weighted by Crippen LogP contribution is 2.24. The van der Waals surface area contributed by atoms with E-state index in [0.29, 0.717) is 0 Å². The van der Waals surface area contributed by atoms with E-state index in [1.165, 1.54) is 20.3 Å². The third-order valence-corrected chi connectivity index (χ3v) is 2.65. The van der Waals surface area contributed by atoms with Gasteiger partial charge in [0.2, 0.25) is 0 Å². The summed E-state index contributed by atoms with van der Waals surface area (Å²) in [7, 11) is 2.47. The molecule has 1 aromatic carbocycles. The number of nitro benzene ring substituents is 1. The van der Waals surface area contributed by atoms with Gasteiger partial charge in [0.1, 0.15) is 5.75 Å². The van der Waals surface area contributed by atoms with Gasteiger partial charge in [-0.1, -0.05) is 0 Å². The number of non-ortho nitro benzene ring substituents is 1. The van der Waals surface area contributed by atoms with Crippen LogP contribution in [0.1, 0.15) is 10.4 Å². The Morgan fingerprint density at radius 2 is 2.10 bits per heavy atom. The number of carboxylic acids is 1. The van der Waals surface area contributed by atoms with E-state index in [4.69, 9.17) is 9.84 Å². The van der Waals surface area contributed by atoms with Gasteiger partial charge < -0.3 is 19.9 Å². The summed E-state index contributed by atoms with van der Waals surface area (Å²) in [6, 6.07) is 3.50. The molecular weight excluding hydrogens is 284 g/mol. The van der Waals surface area contributed by atoms with Crippen molar-refractivity contribution in [1.82, 2.24) is 5.32 Å². The Kier molecular flexibility index (Phi) is 5.61. The Labute approximate surface area is 119 Å². The number of carbonyl (C=O) groups is 2. The van der Waals surface area contributed by atoms with E-state index in [2.05, 4.69) is 10.1 Å². The second kappa shape index (κ2) is 7.20. The van der Waals surface area contributed by atoms with Crippen LogP contribution in [-0.4, -0.2) is 48.8 Å². The Hall–Kier alpha value is -2.68. The largest absolute Gasteiger partial charge is 0.496 e. The van der Waals surface area contributed by atoms with E-state index in [-0.39, 0.29) is 23.5 Å². The molecule has 1 rings (SSSR count). The highest BCUT2D eigenvalue weighted by molar-refractivity contribution is 5.97. The molecule has 0 spiro atoms. The van der Waals surface area contributed by atoms with E-state index >= 15 is 0 Å². The Morgan fingerprint density at radius 1 is 1.43 bits per heavy atom. The minimum Gasteiger partial charge on any atom is -0.496 e. The van der Waals surface area contributed by atoms with Gasteiger partial charge in [-0.15, -0.1) is 0 Å². The summed E-state index contributed by atoms with van der Waals surface area (Å²) in [5.74, 6) is -1.82. The number of ether oxygens (including phenoxy) is 2. The van der Waals surface area contributed by atoms with Gasteiger partial charge in [-0.25, -0.2) is 4.79 Å². The second-order valence-corrected chi connectivity index (χ2v) is 3.91. The fourth-order valence-electron chi connectivity index (χ4n) is 1.53. The maximum absolute atomic E-state index is 11.9. The van der Waals surface area contributed by atoms with Crippen LogP contribution < -0.4 is 10.1 Å². The molecule has 0 aliphatic heterocycles. The Bertz CT molecular complexity index is 559. The van der Waals surface area contributed by atoms with Crippen molar-refractivity contribution in [2.45, 2.75) is 6.10 Å². The van der Waals surface area contributed by atoms with Crippen LogP contribution in [0.4, 0.5) is 5.69 Å². The molecule has 0 radical (unpaired) electrons. The molecule has 0 saturated heterocycles. The number of carbonyl (C=O) groups excluding carboxylic acids is 1. The third kappa shape index (κ3) is 4.14. The van der Waals surface area contributed by atoms with Crippen LogP contribution in [0.25, 0.3) is 0 Å². The zero-order chi connectivity index (χ0) is 16.0. The van der Waals surface area contributed by atoms with Crippen LogP contribution in [0.3, 0.4) is 0 Å². The SMILES string of the molecule is COc1cc([N+](=O)[O-])ccc1C(=O)NCC(OC)C(=O)O. The van der Waals surface area contributed by atoms with Gasteiger partial charge in [0.25, 0.3) is 11.6 Å². The van der Waals surface area contributed by atoms with E-state index in [1.807, 2.05) is 0 Å². The van der Waals surface area contributed by atoms with Crippen LogP contribution >= 0.6 is 0 Å². The number of nitrogens with one attached hydrogen (secondary N) is 1. The van der Waals surface area contributed by atoms with Gasteiger partial charge in [0.15, 0.2) is 6.10 Å². The summed E-state index contributed by atoms with van der Waals surface area (Å²) < 4.78 is 9.60. The smallest absolute Gasteiger partial charge is 0.334 e. The van der Waals surface area contributed by atoms with Crippen LogP contribution in [0.15, 0.2) is 18.2 Å². The number of hydrogen-bond donors (Lipinski definition) is 2. The molecule has 0 fully saturated rings. The Morgan fingerprint density at radius 3 is 2.57 bits per heavy atom. The minimum atomic E-state index is -1.21. The predicted octanol–water partition coefficient (Wildman–Crippen LogP) is 0.433. The van der Waals surface area contributed by atoms with E-state index in [1.54, 1.807) is 0 Å². The van der Waals surface area contributed by atoms with Crippen LogP contribution in [0, 0.1) is 10.1 Å². The van der Waals surface area contributed by atoms with Crippen LogP contribution in [0.5, 0.6) is 5.75 Å². The average molecular weight is 298 g/mol. The first-order valence-electron chi connectivity index (χ1n) is 5.77. The van der Waals surface area contributed by atoms with Crippen molar-refractivity contribution in [3.63, 3.8) is 0 Å². The lowest BCUT2D eigenvalue weighted by molar-refractivity contribution is -0.384. The molecule has 21 heavy (non-hydrogen) atoms. The van der Waals surface area contributed by atoms with Crippen LogP contribution in [0.2, 0.25) is 0 Å². The van der Waals surface area contributed by atoms with E-state index in [0.717, 1.165) is 12.1 Å². The normalized spacial score (nSPS) is 11.5. The van der Waals surface area contributed by atoms with Gasteiger partial charge in [0, 0.05) is 13.2 Å². The van der Waals surface area contributed by atoms with Crippen molar-refractivity contribution in [2.24, 2.45) is 0 Å². The summed E-state index contributed by atoms with van der Waals surface area (Å²) in [5.41, 5.74) is -0.160. The molecule has 2 N–H and O–H groups in total. The first-order valence-corrected chi connectivity index (χ1v) is 5.77. The van der Waals surface area contributed by atoms with E-state index < -0.39 is 22.9 Å². The van der Waals surface area contributed by atoms with Gasteiger partial charge in [-0.2, -0.15) is 0 Å². The van der Waals surface area contributed by atoms with Gasteiger partial charge in [0.05, 0.1) is 30.2 Å². The molecule has 0 aliphatic carbocycles. The van der Waals surface area contributed by atoms with Crippen molar-refractivity contribution in [3.05, 3.63) is 33.9 Å². The third-order valence-electron chi connectivity index (χ3n) is 2.65. The second-order valence-electron chi connectivity index (χ2n) is 3.91. The van der Waals surface area contributed by atoms with Crippen molar-refractivity contribution in [1.29, 1.82) is 0 Å². The standard InChI is InChI=1S/C12H14N2O7/c1-20-9-5-7(14(18)19)3-4-8(9)11(15)13-6-10(21-2)12(16)17/h3-5,10H,6H2,1-2H3,(H,13,15)(H,16,17). The van der Waals surface area contributed by atoms with Crippen molar-refractivity contribution in [3.8, 4) is 5.75 Å². The molecule has 1 unspecified atom stereocenters. The number of rotatable bonds is 7. The number of carboxylic acid groups (broad SMARTS) is 1. The summed E-state index contributed by atoms with van der Waals surface area (Å²) in [5, 5.41) is 21.8. The number of nitrogens with zero attached hydrogens (tertiary/aromatic N) is 1. The molecule has 1 amide bonds. The lowest BCUT2D eigenvalue weighted by Crippen LogP contribution is -2.37. The molecule has 0 aromatic heterocycles. The highest BCUT2D eigenvalue weighted by Gasteiger charge is 2.20. The molecule has 0 aliphatic rings. The van der Waals surface area contributed by atoms with Gasteiger partial charge in [-0.05, 0) is 6.07 Å². The molecular formula is C12H14N2O7. The fraction of sp³-hybridized carbons (Fsp3) is 0.333. The molecule has 9 nitrogen and oxygen atoms in total. The number of nitro groups is 1. The zero-order valence-electron chi connectivity index (χ0n) is 11.4. The monoisotopic (exact) mass is 298 g/mol. The predicted molar refractivity (Wildman–Crippen MR) is 70.4 cm³/mol. The topological polar surface area (TPSA) is 128 Å². The van der Waals surface area contributed by atoms with E-state index in [9.17, 15) is 19.7 Å². The van der Waals surface area contributed by atoms with Gasteiger partial charge in [-0.3, -0.25) is 14.9 Å². The molecule has 1 aromatic rings. The zero-order valence-corrected chi connectivity index (χ0v) is 11.4. The fourth-order valence-corrected chi connectivity index (χ4v) is 1.53. The number of amides is 1. The maximum Gasteiger partial charge on any atom is 0.334 e. The molecule has 114 valence electrons. The maximum atomic E-state index is 11.9. The van der Waals surface area contributed by atoms with Crippen molar-refractivity contribution in [2.75, 3.05) is 20.8 Å². The number of hydrogen-bond acceptors (Lipinski definition) is 6. The molecule has 1 atom stereocenters. The van der Waals surface area contributed by atoms with Crippen molar-refractivity contribution < 1.29 is 29.1 Å². The number of benzene rings is 1. The molecule has 0 heterocycles. The Balaban J connectivity index is 2.87. The summed E-state index contributed by atoms with van der Waals surface area (Å²) >= 11 is 0. The summed E-state index contributed by atoms with van der Waals surface area (Å²) in [6.07, 6.45) is -1.18. The minimum absolute atomic E-state index is 0.0194. The van der Waals surface area contributed by atoms with Crippen molar-refractivity contribution >= 4 is 17.6 Å².